The molecular formula is C24H32N4O2. The fourth-order valence-corrected chi connectivity index (χ4v) is 3.98. The van der Waals surface area contributed by atoms with Gasteiger partial charge in [-0.1, -0.05) is 23.8 Å². The van der Waals surface area contributed by atoms with Gasteiger partial charge in [0.05, 0.1) is 13.1 Å². The third kappa shape index (κ3) is 5.26. The molecule has 1 aromatic heterocycles. The average Bonchev–Trinajstić information content (AvgIpc) is 3.03. The van der Waals surface area contributed by atoms with Crippen LogP contribution in [0.25, 0.3) is 5.69 Å². The summed E-state index contributed by atoms with van der Waals surface area (Å²) in [6, 6.07) is 10.4. The van der Waals surface area contributed by atoms with Crippen LogP contribution in [-0.2, 0) is 4.79 Å². The standard InChI is InChI=1S/C24H32N4O2/c1-5-10-25-24(30)17-27-13-11-26(12-14-27)16-23(29)22-15-19(3)28(20(22)4)21-8-6-18(2)7-9-21/h5-9,15H,1,10-14,16-17H2,2-4H3,(H,25,30). The first-order valence-electron chi connectivity index (χ1n) is 10.5. The topological polar surface area (TPSA) is 57.6 Å². The van der Waals surface area contributed by atoms with E-state index in [0.29, 0.717) is 19.6 Å². The van der Waals surface area contributed by atoms with Crippen LogP contribution in [0.1, 0.15) is 27.3 Å². The maximum atomic E-state index is 13.0. The quantitative estimate of drug-likeness (QED) is 0.539. The molecule has 160 valence electrons. The van der Waals surface area contributed by atoms with E-state index in [1.807, 2.05) is 19.9 Å². The van der Waals surface area contributed by atoms with Gasteiger partial charge in [-0.05, 0) is 39.0 Å². The third-order valence-electron chi connectivity index (χ3n) is 5.67. The van der Waals surface area contributed by atoms with Crippen LogP contribution in [0.3, 0.4) is 0 Å². The van der Waals surface area contributed by atoms with Gasteiger partial charge in [-0.15, -0.1) is 6.58 Å². The van der Waals surface area contributed by atoms with Crippen molar-refractivity contribution in [2.24, 2.45) is 0 Å². The number of Topliss-reactive ketones (excluding diaryl/α,β-unsaturated/α-hetero) is 1. The van der Waals surface area contributed by atoms with E-state index in [0.717, 1.165) is 48.8 Å². The minimum absolute atomic E-state index is 0.0166. The highest BCUT2D eigenvalue weighted by molar-refractivity contribution is 5.99. The molecule has 0 spiro atoms. The number of amides is 1. The van der Waals surface area contributed by atoms with Crippen molar-refractivity contribution in [3.63, 3.8) is 0 Å². The molecule has 1 fully saturated rings. The molecule has 2 aromatic rings. The molecule has 1 N–H and O–H groups in total. The lowest BCUT2D eigenvalue weighted by atomic mass is 10.1. The predicted molar refractivity (Wildman–Crippen MR) is 120 cm³/mol. The minimum atomic E-state index is 0.0166. The highest BCUT2D eigenvalue weighted by atomic mass is 16.2. The van der Waals surface area contributed by atoms with Gasteiger partial charge in [0, 0.05) is 55.4 Å². The Bertz CT molecular complexity index is 906. The van der Waals surface area contributed by atoms with Gasteiger partial charge < -0.3 is 9.88 Å². The Hall–Kier alpha value is -2.70. The van der Waals surface area contributed by atoms with Crippen LogP contribution in [0.15, 0.2) is 43.0 Å². The molecule has 2 heterocycles. The molecule has 1 amide bonds. The van der Waals surface area contributed by atoms with Gasteiger partial charge in [-0.25, -0.2) is 0 Å². The van der Waals surface area contributed by atoms with Gasteiger partial charge in [-0.2, -0.15) is 0 Å². The van der Waals surface area contributed by atoms with E-state index in [9.17, 15) is 9.59 Å². The molecule has 6 heteroatoms. The van der Waals surface area contributed by atoms with Crippen molar-refractivity contribution in [1.82, 2.24) is 19.7 Å². The van der Waals surface area contributed by atoms with Crippen molar-refractivity contribution in [2.75, 3.05) is 45.8 Å². The largest absolute Gasteiger partial charge is 0.352 e. The molecule has 0 atom stereocenters. The Morgan fingerprint density at radius 2 is 1.60 bits per heavy atom. The number of rotatable bonds is 8. The van der Waals surface area contributed by atoms with E-state index < -0.39 is 0 Å². The van der Waals surface area contributed by atoms with Crippen LogP contribution >= 0.6 is 0 Å². The molecule has 0 unspecified atom stereocenters. The van der Waals surface area contributed by atoms with E-state index in [4.69, 9.17) is 0 Å². The van der Waals surface area contributed by atoms with Crippen molar-refractivity contribution in [3.05, 3.63) is 65.5 Å². The maximum Gasteiger partial charge on any atom is 0.234 e. The van der Waals surface area contributed by atoms with Crippen LogP contribution in [0, 0.1) is 20.8 Å². The molecule has 0 bridgehead atoms. The molecule has 0 radical (unpaired) electrons. The van der Waals surface area contributed by atoms with Crippen molar-refractivity contribution >= 4 is 11.7 Å². The second kappa shape index (κ2) is 9.87. The highest BCUT2D eigenvalue weighted by Gasteiger charge is 2.23. The maximum absolute atomic E-state index is 13.0. The van der Waals surface area contributed by atoms with E-state index in [2.05, 4.69) is 57.5 Å². The zero-order valence-corrected chi connectivity index (χ0v) is 18.3. The lowest BCUT2D eigenvalue weighted by Gasteiger charge is -2.33. The van der Waals surface area contributed by atoms with E-state index in [1.54, 1.807) is 6.08 Å². The summed E-state index contributed by atoms with van der Waals surface area (Å²) < 4.78 is 2.15. The Morgan fingerprint density at radius 3 is 2.20 bits per heavy atom. The Labute approximate surface area is 179 Å². The lowest BCUT2D eigenvalue weighted by Crippen LogP contribution is -2.50. The summed E-state index contributed by atoms with van der Waals surface area (Å²) >= 11 is 0. The number of hydrogen-bond donors (Lipinski definition) is 1. The number of aryl methyl sites for hydroxylation is 2. The second-order valence-electron chi connectivity index (χ2n) is 8.02. The summed E-state index contributed by atoms with van der Waals surface area (Å²) in [6.07, 6.45) is 1.68. The average molecular weight is 409 g/mol. The zero-order chi connectivity index (χ0) is 21.7. The van der Waals surface area contributed by atoms with Crippen LogP contribution in [0.5, 0.6) is 0 Å². The minimum Gasteiger partial charge on any atom is -0.352 e. The zero-order valence-electron chi connectivity index (χ0n) is 18.3. The number of nitrogens with zero attached hydrogens (tertiary/aromatic N) is 3. The van der Waals surface area contributed by atoms with Crippen LogP contribution in [-0.4, -0.2) is 71.9 Å². The van der Waals surface area contributed by atoms with E-state index in [-0.39, 0.29) is 11.7 Å². The van der Waals surface area contributed by atoms with Gasteiger partial charge in [-0.3, -0.25) is 19.4 Å². The predicted octanol–water partition coefficient (Wildman–Crippen LogP) is 2.51. The number of nitrogens with one attached hydrogen (secondary N) is 1. The summed E-state index contributed by atoms with van der Waals surface area (Å²) in [4.78, 5) is 29.2. The molecule has 0 saturated carbocycles. The fraction of sp³-hybridized carbons (Fsp3) is 0.417. The molecule has 1 aliphatic rings. The molecule has 30 heavy (non-hydrogen) atoms. The number of aromatic nitrogens is 1. The van der Waals surface area contributed by atoms with Crippen LogP contribution in [0.4, 0.5) is 0 Å². The first-order valence-corrected chi connectivity index (χ1v) is 10.5. The summed E-state index contributed by atoms with van der Waals surface area (Å²) in [5.74, 6) is 0.168. The summed E-state index contributed by atoms with van der Waals surface area (Å²) in [6.45, 7) is 14.2. The molecule has 1 aromatic carbocycles. The Morgan fingerprint density at radius 1 is 1.00 bits per heavy atom. The van der Waals surface area contributed by atoms with Gasteiger partial charge in [0.2, 0.25) is 5.91 Å². The number of hydrogen-bond acceptors (Lipinski definition) is 4. The van der Waals surface area contributed by atoms with Crippen LogP contribution in [0.2, 0.25) is 0 Å². The SMILES string of the molecule is C=CCNC(=O)CN1CCN(CC(=O)c2cc(C)n(-c3ccc(C)cc3)c2C)CC1. The molecule has 1 aliphatic heterocycles. The van der Waals surface area contributed by atoms with Crippen molar-refractivity contribution in [2.45, 2.75) is 20.8 Å². The van der Waals surface area contributed by atoms with Crippen LogP contribution < -0.4 is 5.32 Å². The normalized spacial score (nSPS) is 15.2. The highest BCUT2D eigenvalue weighted by Crippen LogP contribution is 2.22. The van der Waals surface area contributed by atoms with Gasteiger partial charge in [0.25, 0.3) is 0 Å². The smallest absolute Gasteiger partial charge is 0.234 e. The Balaban J connectivity index is 1.58. The van der Waals surface area contributed by atoms with Gasteiger partial charge in [0.1, 0.15) is 0 Å². The van der Waals surface area contributed by atoms with Crippen molar-refractivity contribution in [3.8, 4) is 5.69 Å². The van der Waals surface area contributed by atoms with Gasteiger partial charge >= 0.3 is 0 Å². The summed E-state index contributed by atoms with van der Waals surface area (Å²) in [5, 5.41) is 2.81. The second-order valence-corrected chi connectivity index (χ2v) is 8.02. The van der Waals surface area contributed by atoms with E-state index in [1.165, 1.54) is 5.56 Å². The van der Waals surface area contributed by atoms with Crippen molar-refractivity contribution < 1.29 is 9.59 Å². The lowest BCUT2D eigenvalue weighted by molar-refractivity contribution is -0.122. The number of carbonyl (C=O) groups is 2. The Kier molecular flexibility index (Phi) is 7.24. The number of carbonyl (C=O) groups excluding carboxylic acids is 2. The monoisotopic (exact) mass is 408 g/mol. The number of ketones is 1. The molecule has 6 nitrogen and oxygen atoms in total. The van der Waals surface area contributed by atoms with E-state index >= 15 is 0 Å². The summed E-state index contributed by atoms with van der Waals surface area (Å²) in [7, 11) is 0. The molecular weight excluding hydrogens is 376 g/mol. The fourth-order valence-electron chi connectivity index (χ4n) is 3.98. The molecule has 1 saturated heterocycles. The third-order valence-corrected chi connectivity index (χ3v) is 5.67. The first-order chi connectivity index (χ1) is 14.4. The number of piperazine rings is 1. The van der Waals surface area contributed by atoms with Crippen molar-refractivity contribution in [1.29, 1.82) is 0 Å². The molecule has 0 aliphatic carbocycles. The number of benzene rings is 1. The summed E-state index contributed by atoms with van der Waals surface area (Å²) in [5.41, 5.74) is 5.14. The van der Waals surface area contributed by atoms with Gasteiger partial charge in [0.15, 0.2) is 5.78 Å². The molecule has 3 rings (SSSR count). The first kappa shape index (κ1) is 22.0.